The van der Waals surface area contributed by atoms with Gasteiger partial charge >= 0.3 is 0 Å². The molecule has 0 atom stereocenters. The van der Waals surface area contributed by atoms with Crippen molar-refractivity contribution >= 4 is 5.69 Å². The van der Waals surface area contributed by atoms with E-state index in [4.69, 9.17) is 0 Å². The van der Waals surface area contributed by atoms with Gasteiger partial charge < -0.3 is 5.32 Å². The van der Waals surface area contributed by atoms with E-state index in [-0.39, 0.29) is 0 Å². The molecule has 21 heavy (non-hydrogen) atoms. The van der Waals surface area contributed by atoms with Gasteiger partial charge in [-0.1, -0.05) is 12.1 Å². The molecule has 0 fully saturated rings. The van der Waals surface area contributed by atoms with Crippen LogP contribution in [0.25, 0.3) is 0 Å². The van der Waals surface area contributed by atoms with Crippen LogP contribution in [-0.4, -0.2) is 24.5 Å². The maximum Gasteiger partial charge on any atom is 0.137 e. The van der Waals surface area contributed by atoms with Gasteiger partial charge in [-0.2, -0.15) is 10.2 Å². The van der Waals surface area contributed by atoms with Crippen molar-refractivity contribution in [1.29, 1.82) is 0 Å². The van der Waals surface area contributed by atoms with E-state index in [1.807, 2.05) is 21.6 Å². The number of aryl methyl sites for hydroxylation is 1. The fourth-order valence-corrected chi connectivity index (χ4v) is 2.22. The molecule has 0 amide bonds. The quantitative estimate of drug-likeness (QED) is 0.752. The molecule has 3 aromatic rings. The van der Waals surface area contributed by atoms with E-state index in [1.54, 1.807) is 12.7 Å². The predicted octanol–water partition coefficient (Wildman–Crippen LogP) is 2.15. The van der Waals surface area contributed by atoms with Crippen LogP contribution in [0.1, 0.15) is 18.2 Å². The van der Waals surface area contributed by atoms with Gasteiger partial charge in [0.15, 0.2) is 0 Å². The molecule has 0 saturated carbocycles. The maximum atomic E-state index is 4.26. The monoisotopic (exact) mass is 282 g/mol. The Morgan fingerprint density at radius 2 is 1.95 bits per heavy atom. The van der Waals surface area contributed by atoms with Crippen molar-refractivity contribution < 1.29 is 0 Å². The molecular weight excluding hydrogens is 264 g/mol. The van der Waals surface area contributed by atoms with Crippen LogP contribution in [0, 0.1) is 0 Å². The summed E-state index contributed by atoms with van der Waals surface area (Å²) in [6.07, 6.45) is 5.10. The van der Waals surface area contributed by atoms with Crippen molar-refractivity contribution in [2.24, 2.45) is 0 Å². The largest absolute Gasteiger partial charge is 0.379 e. The molecule has 0 bridgehead atoms. The van der Waals surface area contributed by atoms with Gasteiger partial charge in [0.2, 0.25) is 0 Å². The molecule has 0 aliphatic rings. The Morgan fingerprint density at radius 3 is 2.67 bits per heavy atom. The third kappa shape index (κ3) is 3.28. The molecule has 1 aromatic carbocycles. The van der Waals surface area contributed by atoms with E-state index in [9.17, 15) is 0 Å². The van der Waals surface area contributed by atoms with Gasteiger partial charge in [-0.3, -0.25) is 4.68 Å². The Labute approximate surface area is 123 Å². The Balaban J connectivity index is 1.59. The summed E-state index contributed by atoms with van der Waals surface area (Å²) in [5, 5.41) is 11.8. The van der Waals surface area contributed by atoms with Crippen LogP contribution in [0.3, 0.4) is 0 Å². The number of aromatic nitrogens is 5. The van der Waals surface area contributed by atoms with Crippen LogP contribution in [0.2, 0.25) is 0 Å². The molecule has 2 heterocycles. The molecule has 0 unspecified atom stereocenters. The van der Waals surface area contributed by atoms with Crippen LogP contribution in [0.15, 0.2) is 49.2 Å². The van der Waals surface area contributed by atoms with Gasteiger partial charge in [-0.05, 0) is 30.7 Å². The van der Waals surface area contributed by atoms with E-state index in [0.29, 0.717) is 0 Å². The minimum Gasteiger partial charge on any atom is -0.379 e. The van der Waals surface area contributed by atoms with Crippen LogP contribution >= 0.6 is 0 Å². The fraction of sp³-hybridized carbons (Fsp3) is 0.267. The van der Waals surface area contributed by atoms with E-state index >= 15 is 0 Å². The zero-order valence-corrected chi connectivity index (χ0v) is 12.0. The third-order valence-electron chi connectivity index (χ3n) is 3.34. The number of benzene rings is 1. The molecule has 0 aliphatic carbocycles. The minimum atomic E-state index is 0.739. The van der Waals surface area contributed by atoms with E-state index in [0.717, 1.165) is 25.3 Å². The average molecular weight is 282 g/mol. The lowest BCUT2D eigenvalue weighted by Gasteiger charge is -2.09. The van der Waals surface area contributed by atoms with Crippen LogP contribution in [-0.2, 0) is 19.6 Å². The summed E-state index contributed by atoms with van der Waals surface area (Å²) in [7, 11) is 0. The highest BCUT2D eigenvalue weighted by Crippen LogP contribution is 2.12. The number of hydrogen-bond donors (Lipinski definition) is 1. The first-order valence-corrected chi connectivity index (χ1v) is 7.01. The number of rotatable bonds is 6. The van der Waals surface area contributed by atoms with E-state index in [1.165, 1.54) is 11.3 Å². The van der Waals surface area contributed by atoms with Gasteiger partial charge in [0, 0.05) is 18.4 Å². The van der Waals surface area contributed by atoms with Gasteiger partial charge in [0.25, 0.3) is 0 Å². The molecule has 0 aliphatic heterocycles. The van der Waals surface area contributed by atoms with Crippen molar-refractivity contribution in [3.63, 3.8) is 0 Å². The van der Waals surface area contributed by atoms with Gasteiger partial charge in [-0.25, -0.2) is 9.67 Å². The molecule has 6 nitrogen and oxygen atoms in total. The second kappa shape index (κ2) is 6.21. The van der Waals surface area contributed by atoms with Crippen LogP contribution in [0.4, 0.5) is 5.69 Å². The van der Waals surface area contributed by atoms with Gasteiger partial charge in [-0.15, -0.1) is 0 Å². The average Bonchev–Trinajstić information content (AvgIpc) is 3.17. The molecule has 0 saturated heterocycles. The summed E-state index contributed by atoms with van der Waals surface area (Å²) in [4.78, 5) is 3.94. The molecule has 3 rings (SSSR count). The second-order valence-corrected chi connectivity index (χ2v) is 4.78. The normalized spacial score (nSPS) is 10.7. The van der Waals surface area contributed by atoms with Crippen molar-refractivity contribution in [3.05, 3.63) is 60.4 Å². The van der Waals surface area contributed by atoms with E-state index in [2.05, 4.69) is 51.7 Å². The molecule has 0 spiro atoms. The first kappa shape index (κ1) is 13.4. The Hall–Kier alpha value is -2.63. The first-order chi connectivity index (χ1) is 10.3. The molecule has 1 N–H and O–H groups in total. The lowest BCUT2D eigenvalue weighted by Crippen LogP contribution is -2.07. The van der Waals surface area contributed by atoms with Crippen LogP contribution in [0.5, 0.6) is 0 Å². The standard InChI is InChI=1S/C15H18N6/c1-2-21-15(7-8-18-21)9-17-14-5-3-13(4-6-14)10-20-12-16-11-19-20/h3-8,11-12,17H,2,9-10H2,1H3. The minimum absolute atomic E-state index is 0.739. The van der Waals surface area contributed by atoms with Gasteiger partial charge in [0.05, 0.1) is 18.8 Å². The van der Waals surface area contributed by atoms with Crippen molar-refractivity contribution in [1.82, 2.24) is 24.5 Å². The molecular formula is C15H18N6. The van der Waals surface area contributed by atoms with E-state index < -0.39 is 0 Å². The highest BCUT2D eigenvalue weighted by atomic mass is 15.3. The topological polar surface area (TPSA) is 60.6 Å². The highest BCUT2D eigenvalue weighted by molar-refractivity contribution is 5.44. The molecule has 6 heteroatoms. The predicted molar refractivity (Wildman–Crippen MR) is 80.8 cm³/mol. The van der Waals surface area contributed by atoms with Crippen molar-refractivity contribution in [2.45, 2.75) is 26.6 Å². The zero-order valence-electron chi connectivity index (χ0n) is 12.0. The second-order valence-electron chi connectivity index (χ2n) is 4.78. The summed E-state index contributed by atoms with van der Waals surface area (Å²) in [5.41, 5.74) is 3.48. The molecule has 0 radical (unpaired) electrons. The third-order valence-corrected chi connectivity index (χ3v) is 3.34. The van der Waals surface area contributed by atoms with Gasteiger partial charge in [0.1, 0.15) is 12.7 Å². The lowest BCUT2D eigenvalue weighted by molar-refractivity contribution is 0.627. The maximum absolute atomic E-state index is 4.26. The molecule has 2 aromatic heterocycles. The number of nitrogens with one attached hydrogen (secondary N) is 1. The Kier molecular flexibility index (Phi) is 3.95. The first-order valence-electron chi connectivity index (χ1n) is 7.01. The zero-order chi connectivity index (χ0) is 14.5. The summed E-state index contributed by atoms with van der Waals surface area (Å²) < 4.78 is 3.80. The van der Waals surface area contributed by atoms with Crippen molar-refractivity contribution in [3.8, 4) is 0 Å². The number of anilines is 1. The highest BCUT2D eigenvalue weighted by Gasteiger charge is 2.01. The smallest absolute Gasteiger partial charge is 0.137 e. The fourth-order valence-electron chi connectivity index (χ4n) is 2.22. The summed E-state index contributed by atoms with van der Waals surface area (Å²) >= 11 is 0. The lowest BCUT2D eigenvalue weighted by atomic mass is 10.2. The Morgan fingerprint density at radius 1 is 1.10 bits per heavy atom. The summed E-state index contributed by atoms with van der Waals surface area (Å²) in [5.74, 6) is 0. The van der Waals surface area contributed by atoms with Crippen LogP contribution < -0.4 is 5.32 Å². The molecule has 108 valence electrons. The number of nitrogens with zero attached hydrogens (tertiary/aromatic N) is 5. The van der Waals surface area contributed by atoms with Crippen molar-refractivity contribution in [2.75, 3.05) is 5.32 Å². The Bertz CT molecular complexity index is 669. The summed E-state index contributed by atoms with van der Waals surface area (Å²) in [6, 6.07) is 10.4. The summed E-state index contributed by atoms with van der Waals surface area (Å²) in [6.45, 7) is 4.50. The number of hydrogen-bond acceptors (Lipinski definition) is 4. The SMILES string of the molecule is CCn1nccc1CNc1ccc(Cn2cncn2)cc1.